The van der Waals surface area contributed by atoms with Crippen LogP contribution in [0.4, 0.5) is 0 Å². The molecule has 6 nitrogen and oxygen atoms in total. The van der Waals surface area contributed by atoms with Crippen LogP contribution in [0.2, 0.25) is 0 Å². The lowest BCUT2D eigenvalue weighted by Gasteiger charge is -2.12. The predicted molar refractivity (Wildman–Crippen MR) is 74.9 cm³/mol. The molecule has 0 bridgehead atoms. The molecule has 1 heterocycles. The quantitative estimate of drug-likeness (QED) is 0.869. The second-order valence-corrected chi connectivity index (χ2v) is 4.80. The third-order valence-corrected chi connectivity index (χ3v) is 3.18. The van der Waals surface area contributed by atoms with Crippen LogP contribution in [-0.2, 0) is 11.8 Å². The average Bonchev–Trinajstić information content (AvgIpc) is 2.62. The summed E-state index contributed by atoms with van der Waals surface area (Å²) in [6.45, 7) is 1.84. The minimum absolute atomic E-state index is 0.147. The predicted octanol–water partition coefficient (Wildman–Crippen LogP) is 0.959. The maximum atomic E-state index is 12.0. The Morgan fingerprint density at radius 1 is 1.45 bits per heavy atom. The molecule has 0 radical (unpaired) electrons. The maximum Gasteiger partial charge on any atom is 0.332 e. The summed E-state index contributed by atoms with van der Waals surface area (Å²) in [4.78, 5) is 22.8. The summed E-state index contributed by atoms with van der Waals surface area (Å²) in [5, 5.41) is 8.78. The number of aliphatic carboxylic acids is 1. The average molecular weight is 275 g/mol. The number of carboxylic acids is 1. The van der Waals surface area contributed by atoms with E-state index in [2.05, 4.69) is 0 Å². The Balaban J connectivity index is 2.44. The number of hydrogen-bond acceptors (Lipinski definition) is 3. The highest BCUT2D eigenvalue weighted by molar-refractivity contribution is 5.68. The zero-order valence-corrected chi connectivity index (χ0v) is 11.4. The first kappa shape index (κ1) is 14.1. The largest absolute Gasteiger partial charge is 0.481 e. The van der Waals surface area contributed by atoms with Gasteiger partial charge in [0, 0.05) is 25.0 Å². The van der Waals surface area contributed by atoms with E-state index in [1.165, 1.54) is 4.57 Å². The van der Waals surface area contributed by atoms with Gasteiger partial charge in [-0.1, -0.05) is 12.1 Å². The molecular formula is C14H17N3O3. The van der Waals surface area contributed by atoms with E-state index in [0.717, 1.165) is 5.69 Å². The van der Waals surface area contributed by atoms with Gasteiger partial charge in [-0.05, 0) is 24.6 Å². The molecular weight excluding hydrogens is 258 g/mol. The Kier molecular flexibility index (Phi) is 3.76. The Labute approximate surface area is 116 Å². The summed E-state index contributed by atoms with van der Waals surface area (Å²) in [6, 6.07) is 6.49. The number of carbonyl (C=O) groups is 1. The summed E-state index contributed by atoms with van der Waals surface area (Å²) in [5.74, 6) is -0.948. The third-order valence-electron chi connectivity index (χ3n) is 3.18. The van der Waals surface area contributed by atoms with E-state index in [4.69, 9.17) is 10.8 Å². The van der Waals surface area contributed by atoms with E-state index in [1.807, 2.05) is 6.92 Å². The molecule has 3 N–H and O–H groups in total. The summed E-state index contributed by atoms with van der Waals surface area (Å²) in [6.07, 6.45) is 1.60. The van der Waals surface area contributed by atoms with Crippen LogP contribution in [0.5, 0.6) is 0 Å². The lowest BCUT2D eigenvalue weighted by atomic mass is 10.0. The van der Waals surface area contributed by atoms with Gasteiger partial charge in [0.1, 0.15) is 0 Å². The molecule has 0 aliphatic carbocycles. The first-order valence-electron chi connectivity index (χ1n) is 6.23. The van der Waals surface area contributed by atoms with E-state index in [0.29, 0.717) is 11.3 Å². The van der Waals surface area contributed by atoms with Crippen molar-refractivity contribution in [2.24, 2.45) is 12.8 Å². The van der Waals surface area contributed by atoms with Gasteiger partial charge >= 0.3 is 11.7 Å². The topological polar surface area (TPSA) is 90.3 Å². The molecule has 20 heavy (non-hydrogen) atoms. The zero-order chi connectivity index (χ0) is 14.9. The number of carboxylic acid groups (broad SMARTS) is 1. The van der Waals surface area contributed by atoms with Crippen molar-refractivity contribution in [3.05, 3.63) is 52.2 Å². The van der Waals surface area contributed by atoms with Gasteiger partial charge in [0.25, 0.3) is 0 Å². The first-order valence-corrected chi connectivity index (χ1v) is 6.23. The van der Waals surface area contributed by atoms with Crippen LogP contribution in [0.1, 0.15) is 23.7 Å². The molecule has 1 atom stereocenters. The number of nitrogens with zero attached hydrogens (tertiary/aromatic N) is 2. The van der Waals surface area contributed by atoms with Gasteiger partial charge in [0.2, 0.25) is 0 Å². The fourth-order valence-corrected chi connectivity index (χ4v) is 2.22. The molecule has 2 rings (SSSR count). The number of imidazole rings is 1. The van der Waals surface area contributed by atoms with E-state index < -0.39 is 12.0 Å². The minimum Gasteiger partial charge on any atom is -0.481 e. The second kappa shape index (κ2) is 5.34. The van der Waals surface area contributed by atoms with Crippen LogP contribution in [0, 0.1) is 6.92 Å². The molecule has 0 spiro atoms. The number of nitrogens with two attached hydrogens (primary N) is 1. The SMILES string of the molecule is Cc1cn(C)c(=O)n1-c1cccc(C(N)CC(=O)O)c1. The Morgan fingerprint density at radius 2 is 2.15 bits per heavy atom. The molecule has 6 heteroatoms. The number of aromatic nitrogens is 2. The number of aryl methyl sites for hydroxylation is 2. The molecule has 0 amide bonds. The molecule has 2 aromatic rings. The minimum atomic E-state index is -0.948. The molecule has 0 aliphatic heterocycles. The van der Waals surface area contributed by atoms with Crippen molar-refractivity contribution in [1.82, 2.24) is 9.13 Å². The highest BCUT2D eigenvalue weighted by Crippen LogP contribution is 2.18. The highest BCUT2D eigenvalue weighted by atomic mass is 16.4. The van der Waals surface area contributed by atoms with E-state index >= 15 is 0 Å². The number of benzene rings is 1. The van der Waals surface area contributed by atoms with Gasteiger partial charge in [-0.25, -0.2) is 4.79 Å². The molecule has 1 aromatic carbocycles. The Morgan fingerprint density at radius 3 is 2.70 bits per heavy atom. The standard InChI is InChI=1S/C14H17N3O3/c1-9-8-16(2)14(20)17(9)11-5-3-4-10(6-11)12(15)7-13(18)19/h3-6,8,12H,7,15H2,1-2H3,(H,18,19). The van der Waals surface area contributed by atoms with E-state index in [-0.39, 0.29) is 12.1 Å². The van der Waals surface area contributed by atoms with Gasteiger partial charge in [-0.15, -0.1) is 0 Å². The zero-order valence-electron chi connectivity index (χ0n) is 11.4. The van der Waals surface area contributed by atoms with Gasteiger partial charge in [-0.3, -0.25) is 9.36 Å². The van der Waals surface area contributed by atoms with Gasteiger partial charge in [0.05, 0.1) is 12.1 Å². The summed E-state index contributed by atoms with van der Waals surface area (Å²) >= 11 is 0. The molecule has 0 aliphatic rings. The molecule has 1 unspecified atom stereocenters. The number of rotatable bonds is 4. The summed E-state index contributed by atoms with van der Waals surface area (Å²) < 4.78 is 3.07. The first-order chi connectivity index (χ1) is 9.40. The van der Waals surface area contributed by atoms with E-state index in [9.17, 15) is 9.59 Å². The van der Waals surface area contributed by atoms with Crippen molar-refractivity contribution in [2.75, 3.05) is 0 Å². The monoisotopic (exact) mass is 275 g/mol. The molecule has 1 aromatic heterocycles. The maximum absolute atomic E-state index is 12.0. The van der Waals surface area contributed by atoms with Crippen LogP contribution in [0.3, 0.4) is 0 Å². The van der Waals surface area contributed by atoms with Crippen LogP contribution in [0.15, 0.2) is 35.3 Å². The molecule has 0 saturated heterocycles. The highest BCUT2D eigenvalue weighted by Gasteiger charge is 2.13. The Bertz CT molecular complexity index is 700. The third kappa shape index (κ3) is 2.65. The molecule has 0 saturated carbocycles. The van der Waals surface area contributed by atoms with E-state index in [1.54, 1.807) is 42.1 Å². The molecule has 0 fully saturated rings. The van der Waals surface area contributed by atoms with Gasteiger partial charge in [0.15, 0.2) is 0 Å². The second-order valence-electron chi connectivity index (χ2n) is 4.80. The normalized spacial score (nSPS) is 12.3. The van der Waals surface area contributed by atoms with Crippen LogP contribution in [-0.4, -0.2) is 20.2 Å². The fourth-order valence-electron chi connectivity index (χ4n) is 2.22. The van der Waals surface area contributed by atoms with Crippen molar-refractivity contribution < 1.29 is 9.90 Å². The van der Waals surface area contributed by atoms with Crippen molar-refractivity contribution in [2.45, 2.75) is 19.4 Å². The smallest absolute Gasteiger partial charge is 0.332 e. The lowest BCUT2D eigenvalue weighted by Crippen LogP contribution is -2.22. The summed E-state index contributed by atoms with van der Waals surface area (Å²) in [7, 11) is 1.69. The summed E-state index contributed by atoms with van der Waals surface area (Å²) in [5.41, 5.74) is 7.89. The van der Waals surface area contributed by atoms with Crippen LogP contribution in [0.25, 0.3) is 5.69 Å². The number of hydrogen-bond donors (Lipinski definition) is 2. The van der Waals surface area contributed by atoms with Crippen LogP contribution < -0.4 is 11.4 Å². The van der Waals surface area contributed by atoms with Crippen molar-refractivity contribution in [3.8, 4) is 5.69 Å². The fraction of sp³-hybridized carbons (Fsp3) is 0.286. The van der Waals surface area contributed by atoms with Crippen molar-refractivity contribution in [1.29, 1.82) is 0 Å². The van der Waals surface area contributed by atoms with Crippen molar-refractivity contribution in [3.63, 3.8) is 0 Å². The van der Waals surface area contributed by atoms with Crippen LogP contribution >= 0.6 is 0 Å². The Hall–Kier alpha value is -2.34. The lowest BCUT2D eigenvalue weighted by molar-refractivity contribution is -0.137. The van der Waals surface area contributed by atoms with Gasteiger partial charge < -0.3 is 15.4 Å². The molecule has 106 valence electrons. The van der Waals surface area contributed by atoms with Crippen molar-refractivity contribution >= 4 is 5.97 Å². The van der Waals surface area contributed by atoms with Gasteiger partial charge in [-0.2, -0.15) is 0 Å².